The lowest BCUT2D eigenvalue weighted by Gasteiger charge is -2.13. The fourth-order valence-corrected chi connectivity index (χ4v) is 3.35. The summed E-state index contributed by atoms with van der Waals surface area (Å²) >= 11 is 0. The summed E-state index contributed by atoms with van der Waals surface area (Å²) in [6.07, 6.45) is 0.247. The lowest BCUT2D eigenvalue weighted by Crippen LogP contribution is -2.10. The predicted molar refractivity (Wildman–Crippen MR) is 129 cm³/mol. The van der Waals surface area contributed by atoms with E-state index in [2.05, 4.69) is 25.2 Å². The third-order valence-electron chi connectivity index (χ3n) is 4.99. The Morgan fingerprint density at radius 3 is 2.70 bits per heavy atom. The van der Waals surface area contributed by atoms with Crippen LogP contribution >= 0.6 is 0 Å². The second kappa shape index (κ2) is 10.2. The first kappa shape index (κ1) is 24.9. The van der Waals surface area contributed by atoms with Crippen LogP contribution in [-0.4, -0.2) is 37.9 Å². The second-order valence-corrected chi connectivity index (χ2v) is 7.53. The average Bonchev–Trinajstić information content (AvgIpc) is 3.38. The Morgan fingerprint density at radius 2 is 2.03 bits per heavy atom. The van der Waals surface area contributed by atoms with Gasteiger partial charge in [-0.2, -0.15) is 23.3 Å². The molecule has 0 unspecified atom stereocenters. The zero-order valence-corrected chi connectivity index (χ0v) is 19.1. The average molecular weight is 506 g/mol. The van der Waals surface area contributed by atoms with E-state index in [9.17, 15) is 18.0 Å². The summed E-state index contributed by atoms with van der Waals surface area (Å²) < 4.78 is 45.9. The van der Waals surface area contributed by atoms with Crippen molar-refractivity contribution in [3.8, 4) is 22.7 Å². The van der Waals surface area contributed by atoms with Gasteiger partial charge in [0.05, 0.1) is 13.7 Å². The van der Waals surface area contributed by atoms with Crippen LogP contribution in [0, 0.1) is 6.57 Å². The predicted octanol–water partition coefficient (Wildman–Crippen LogP) is 5.75. The molecule has 0 bridgehead atoms. The molecule has 4 aromatic rings. The van der Waals surface area contributed by atoms with Gasteiger partial charge in [0, 0.05) is 35.8 Å². The molecule has 186 valence electrons. The van der Waals surface area contributed by atoms with Crippen LogP contribution in [0.1, 0.15) is 11.3 Å². The Labute approximate surface area is 208 Å². The maximum absolute atomic E-state index is 13.2. The van der Waals surface area contributed by atoms with Crippen molar-refractivity contribution in [2.24, 2.45) is 0 Å². The van der Waals surface area contributed by atoms with E-state index in [1.54, 1.807) is 42.5 Å². The van der Waals surface area contributed by atoms with E-state index in [0.717, 1.165) is 23.0 Å². The van der Waals surface area contributed by atoms with E-state index in [4.69, 9.17) is 16.4 Å². The van der Waals surface area contributed by atoms with Gasteiger partial charge in [-0.25, -0.2) is 19.3 Å². The first-order chi connectivity index (χ1) is 17.7. The number of nitrogens with one attached hydrogen (secondary N) is 1. The van der Waals surface area contributed by atoms with Gasteiger partial charge in [-0.3, -0.25) is 0 Å². The van der Waals surface area contributed by atoms with Gasteiger partial charge in [0.15, 0.2) is 17.2 Å². The molecule has 0 atom stereocenters. The highest BCUT2D eigenvalue weighted by Gasteiger charge is 2.34. The van der Waals surface area contributed by atoms with Crippen molar-refractivity contribution < 1.29 is 27.8 Å². The molecule has 0 aliphatic carbocycles. The summed E-state index contributed by atoms with van der Waals surface area (Å²) in [6, 6.07) is 12.2. The van der Waals surface area contributed by atoms with Crippen molar-refractivity contribution in [1.29, 1.82) is 0 Å². The number of anilines is 2. The summed E-state index contributed by atoms with van der Waals surface area (Å²) in [5.41, 5.74) is 1.05. The fraction of sp³-hybridized carbons (Fsp3) is 0.0800. The number of carboxylic acids is 1. The first-order valence-electron chi connectivity index (χ1n) is 10.5. The molecule has 37 heavy (non-hydrogen) atoms. The minimum atomic E-state index is -4.65. The number of aromatic nitrogens is 4. The Hall–Kier alpha value is -5.18. The Morgan fingerprint density at radius 1 is 1.22 bits per heavy atom. The van der Waals surface area contributed by atoms with Crippen LogP contribution < -0.4 is 10.1 Å². The second-order valence-electron chi connectivity index (χ2n) is 7.53. The van der Waals surface area contributed by atoms with Crippen molar-refractivity contribution in [3.63, 3.8) is 0 Å². The normalized spacial score (nSPS) is 11.3. The fourth-order valence-electron chi connectivity index (χ4n) is 3.35. The zero-order valence-electron chi connectivity index (χ0n) is 19.1. The van der Waals surface area contributed by atoms with Gasteiger partial charge in [0.2, 0.25) is 5.95 Å². The number of halogens is 3. The molecule has 2 N–H and O–H groups in total. The van der Waals surface area contributed by atoms with Crippen LogP contribution in [0.2, 0.25) is 0 Å². The Kier molecular flexibility index (Phi) is 6.88. The number of alkyl halides is 3. The van der Waals surface area contributed by atoms with Crippen LogP contribution in [0.25, 0.3) is 27.9 Å². The summed E-state index contributed by atoms with van der Waals surface area (Å²) in [5.74, 6) is -0.629. The molecule has 12 heteroatoms. The quantitative estimate of drug-likeness (QED) is 0.243. The van der Waals surface area contributed by atoms with Crippen molar-refractivity contribution in [1.82, 2.24) is 19.7 Å². The SMILES string of the molecule is [C-]#[N+]c1cc(Nc2ncc(-c3cccc(C=CC(=O)O)c3)c(-n3ccc(C(F)(F)F)n3)n2)cc(OC)c1. The van der Waals surface area contributed by atoms with Gasteiger partial charge in [-0.1, -0.05) is 18.2 Å². The smallest absolute Gasteiger partial charge is 0.435 e. The maximum atomic E-state index is 13.2. The molecule has 0 saturated carbocycles. The van der Waals surface area contributed by atoms with E-state index < -0.39 is 17.8 Å². The molecule has 0 fully saturated rings. The van der Waals surface area contributed by atoms with E-state index >= 15 is 0 Å². The van der Waals surface area contributed by atoms with E-state index in [1.807, 2.05) is 0 Å². The number of carbonyl (C=O) groups is 1. The monoisotopic (exact) mass is 506 g/mol. The molecule has 9 nitrogen and oxygen atoms in total. The largest absolute Gasteiger partial charge is 0.498 e. The van der Waals surface area contributed by atoms with E-state index in [0.29, 0.717) is 33.8 Å². The molecule has 0 saturated heterocycles. The summed E-state index contributed by atoms with van der Waals surface area (Å²) in [7, 11) is 1.45. The Bertz CT molecular complexity index is 1540. The topological polar surface area (TPSA) is 107 Å². The number of benzene rings is 2. The molecular formula is C25H17F3N6O3. The molecule has 0 amide bonds. The highest BCUT2D eigenvalue weighted by Crippen LogP contribution is 2.32. The lowest BCUT2D eigenvalue weighted by atomic mass is 10.0. The molecule has 2 aromatic carbocycles. The molecule has 0 aliphatic rings. The molecule has 2 heterocycles. The molecular weight excluding hydrogens is 489 g/mol. The van der Waals surface area contributed by atoms with Gasteiger partial charge < -0.3 is 15.2 Å². The van der Waals surface area contributed by atoms with Gasteiger partial charge in [0.25, 0.3) is 0 Å². The van der Waals surface area contributed by atoms with Gasteiger partial charge in [-0.15, -0.1) is 0 Å². The molecule has 0 radical (unpaired) electrons. The third-order valence-corrected chi connectivity index (χ3v) is 4.99. The molecule has 0 aliphatic heterocycles. The number of hydrogen-bond acceptors (Lipinski definition) is 6. The molecule has 0 spiro atoms. The standard InChI is InChI=1S/C25H17F3N6O3/c1-29-17-11-18(13-19(12-17)37-2)31-24-30-14-20(16-5-3-4-15(10-16)6-7-22(35)36)23(32-24)34-9-8-21(33-34)25(26,27)28/h3-14H,2H3,(H,35,36)(H,30,31,32). The van der Waals surface area contributed by atoms with Gasteiger partial charge >= 0.3 is 12.1 Å². The van der Waals surface area contributed by atoms with Crippen LogP contribution in [0.5, 0.6) is 5.75 Å². The Balaban J connectivity index is 1.81. The number of aliphatic carboxylic acids is 1. The summed E-state index contributed by atoms with van der Waals surface area (Å²) in [4.78, 5) is 23.0. The van der Waals surface area contributed by atoms with Crippen molar-refractivity contribution in [2.45, 2.75) is 6.18 Å². The highest BCUT2D eigenvalue weighted by atomic mass is 19.4. The van der Waals surface area contributed by atoms with Crippen LogP contribution in [-0.2, 0) is 11.0 Å². The number of ether oxygens (including phenoxy) is 1. The number of carboxylic acid groups (broad SMARTS) is 1. The maximum Gasteiger partial charge on any atom is 0.435 e. The lowest BCUT2D eigenvalue weighted by molar-refractivity contribution is -0.141. The van der Waals surface area contributed by atoms with Crippen LogP contribution in [0.3, 0.4) is 0 Å². The summed E-state index contributed by atoms with van der Waals surface area (Å²) in [5, 5.41) is 15.5. The minimum Gasteiger partial charge on any atom is -0.498 e. The van der Waals surface area contributed by atoms with Gasteiger partial charge in [-0.05, 0) is 41.5 Å². The number of methoxy groups -OCH3 is 1. The zero-order chi connectivity index (χ0) is 26.6. The van der Waals surface area contributed by atoms with Crippen molar-refractivity contribution >= 4 is 29.4 Å². The van der Waals surface area contributed by atoms with Gasteiger partial charge in [0.1, 0.15) is 5.75 Å². The van der Waals surface area contributed by atoms with Crippen molar-refractivity contribution in [3.05, 3.63) is 89.7 Å². The van der Waals surface area contributed by atoms with Crippen LogP contribution in [0.4, 0.5) is 30.5 Å². The molecule has 4 rings (SSSR count). The van der Waals surface area contributed by atoms with E-state index in [1.165, 1.54) is 19.4 Å². The van der Waals surface area contributed by atoms with Crippen molar-refractivity contribution in [2.75, 3.05) is 12.4 Å². The number of nitrogens with zero attached hydrogens (tertiary/aromatic N) is 5. The van der Waals surface area contributed by atoms with Crippen LogP contribution in [0.15, 0.2) is 67.0 Å². The number of rotatable bonds is 7. The first-order valence-corrected chi connectivity index (χ1v) is 10.5. The molecule has 2 aromatic heterocycles. The summed E-state index contributed by atoms with van der Waals surface area (Å²) in [6.45, 7) is 7.25. The highest BCUT2D eigenvalue weighted by molar-refractivity contribution is 5.86. The number of hydrogen-bond donors (Lipinski definition) is 2. The van der Waals surface area contributed by atoms with E-state index in [-0.39, 0.29) is 11.8 Å². The third kappa shape index (κ3) is 5.91. The minimum absolute atomic E-state index is 0.0360.